The van der Waals surface area contributed by atoms with Gasteiger partial charge in [0.25, 0.3) is 0 Å². The van der Waals surface area contributed by atoms with E-state index in [9.17, 15) is 27.9 Å². The second-order valence-electron chi connectivity index (χ2n) is 9.66. The summed E-state index contributed by atoms with van der Waals surface area (Å²) >= 11 is 1.53. The molecule has 0 spiro atoms. The number of carboxylic acids is 1. The average molecular weight is 550 g/mol. The third-order valence-electron chi connectivity index (χ3n) is 7.35. The van der Waals surface area contributed by atoms with Crippen LogP contribution in [-0.2, 0) is 11.0 Å². The average Bonchev–Trinajstić information content (AvgIpc) is 3.55. The number of hydrogen-bond donors (Lipinski definition) is 2. The quantitative estimate of drug-likeness (QED) is 0.289. The van der Waals surface area contributed by atoms with Gasteiger partial charge in [0.05, 0.1) is 22.5 Å². The molecule has 0 amide bonds. The van der Waals surface area contributed by atoms with E-state index in [0.717, 1.165) is 10.9 Å². The van der Waals surface area contributed by atoms with Crippen LogP contribution in [0.5, 0.6) is 0 Å². The molecule has 2 aromatic heterocycles. The zero-order valence-electron chi connectivity index (χ0n) is 20.6. The molecule has 0 radical (unpaired) electrons. The smallest absolute Gasteiger partial charge is 0.416 e. The van der Waals surface area contributed by atoms with Crippen LogP contribution in [0.3, 0.4) is 0 Å². The Hall–Kier alpha value is -4.18. The number of ketones is 1. The molecule has 1 aliphatic carbocycles. The highest BCUT2D eigenvalue weighted by Crippen LogP contribution is 2.52. The normalized spacial score (nSPS) is 18.9. The predicted octanol–water partition coefficient (Wildman–Crippen LogP) is 6.92. The molecule has 0 saturated carbocycles. The number of allylic oxidation sites excluding steroid dienone is 2. The summed E-state index contributed by atoms with van der Waals surface area (Å²) in [6.07, 6.45) is -4.02. The van der Waals surface area contributed by atoms with Gasteiger partial charge in [0.1, 0.15) is 5.82 Å². The van der Waals surface area contributed by atoms with Gasteiger partial charge < -0.3 is 10.4 Å². The number of fused-ring (bicyclic) bond motifs is 1. The van der Waals surface area contributed by atoms with Gasteiger partial charge >= 0.3 is 12.1 Å². The maximum absolute atomic E-state index is 14.3. The number of para-hydroxylation sites is 1. The fourth-order valence-corrected chi connectivity index (χ4v) is 6.56. The number of nitrogens with one attached hydrogen (secondary N) is 1. The third-order valence-corrected chi connectivity index (χ3v) is 8.38. The Morgan fingerprint density at radius 1 is 1.08 bits per heavy atom. The Bertz CT molecular complexity index is 1650. The Morgan fingerprint density at radius 2 is 1.82 bits per heavy atom. The number of benzene rings is 2. The van der Waals surface area contributed by atoms with E-state index < -0.39 is 23.6 Å². The maximum atomic E-state index is 14.3. The fraction of sp³-hybridized carbons (Fsp3) is 0.207. The zero-order chi connectivity index (χ0) is 27.5. The second kappa shape index (κ2) is 9.23. The number of aromatic carboxylic acids is 1. The number of nitrogens with zero attached hydrogens (tertiary/aromatic N) is 2. The van der Waals surface area contributed by atoms with E-state index in [0.29, 0.717) is 34.8 Å². The summed E-state index contributed by atoms with van der Waals surface area (Å²) in [5, 5.41) is 19.7. The molecule has 6 nitrogen and oxygen atoms in total. The summed E-state index contributed by atoms with van der Waals surface area (Å²) < 4.78 is 44.2. The molecule has 2 atom stereocenters. The number of halogens is 3. The van der Waals surface area contributed by atoms with Gasteiger partial charge in [-0.3, -0.25) is 4.79 Å². The molecular formula is C29H22F3N3O3S. The van der Waals surface area contributed by atoms with E-state index in [4.69, 9.17) is 0 Å². The Labute approximate surface area is 225 Å². The molecule has 0 fully saturated rings. The van der Waals surface area contributed by atoms with Crippen LogP contribution in [0.1, 0.15) is 62.3 Å². The topological polar surface area (TPSA) is 84.2 Å². The van der Waals surface area contributed by atoms with Gasteiger partial charge in [0.15, 0.2) is 5.78 Å². The van der Waals surface area contributed by atoms with Crippen molar-refractivity contribution in [3.8, 4) is 5.69 Å². The molecule has 0 unspecified atom stereocenters. The SMILES string of the molecule is Cc1nn(-c2ccccc2C(=O)O)c2c1[C@@H](c1ccccc1C(F)(F)F)C1=C(C[C@H](c3cccs3)CC1=O)N2. The first-order chi connectivity index (χ1) is 18.6. The highest BCUT2D eigenvalue weighted by molar-refractivity contribution is 7.10. The molecule has 10 heteroatoms. The van der Waals surface area contributed by atoms with E-state index in [2.05, 4.69) is 10.4 Å². The molecule has 39 heavy (non-hydrogen) atoms. The Kier molecular flexibility index (Phi) is 5.95. The number of carbonyl (C=O) groups excluding carboxylic acids is 1. The van der Waals surface area contributed by atoms with Gasteiger partial charge in [-0.25, -0.2) is 9.48 Å². The lowest BCUT2D eigenvalue weighted by atomic mass is 9.72. The van der Waals surface area contributed by atoms with Crippen molar-refractivity contribution >= 4 is 28.9 Å². The highest BCUT2D eigenvalue weighted by Gasteiger charge is 2.45. The number of alkyl halides is 3. The van der Waals surface area contributed by atoms with Gasteiger partial charge in [-0.2, -0.15) is 18.3 Å². The van der Waals surface area contributed by atoms with Crippen molar-refractivity contribution in [2.45, 2.75) is 37.8 Å². The van der Waals surface area contributed by atoms with Crippen molar-refractivity contribution in [2.24, 2.45) is 0 Å². The van der Waals surface area contributed by atoms with Crippen molar-refractivity contribution < 1.29 is 27.9 Å². The molecule has 198 valence electrons. The predicted molar refractivity (Wildman–Crippen MR) is 140 cm³/mol. The summed E-state index contributed by atoms with van der Waals surface area (Å²) in [6, 6.07) is 15.5. The Morgan fingerprint density at radius 3 is 2.54 bits per heavy atom. The standard InChI is InChI=1S/C29H22F3N3O3S/c1-15-24-25(17-7-2-4-9-19(17)29(30,31)32)26-20(13-16(14-22(26)36)23-11-6-12-39-23)33-27(24)35(34-15)21-10-5-3-8-18(21)28(37)38/h2-12,16,25,33H,13-14H2,1H3,(H,37,38)/t16-,25+/m0/s1. The molecule has 2 aliphatic rings. The maximum Gasteiger partial charge on any atom is 0.416 e. The molecular weight excluding hydrogens is 527 g/mol. The number of thiophene rings is 1. The van der Waals surface area contributed by atoms with E-state index >= 15 is 0 Å². The minimum Gasteiger partial charge on any atom is -0.478 e. The first kappa shape index (κ1) is 25.1. The number of anilines is 1. The summed E-state index contributed by atoms with van der Waals surface area (Å²) in [5.41, 5.74) is 1.08. The van der Waals surface area contributed by atoms with Crippen molar-refractivity contribution in [2.75, 3.05) is 5.32 Å². The number of rotatable bonds is 4. The fourth-order valence-electron chi connectivity index (χ4n) is 5.73. The van der Waals surface area contributed by atoms with Crippen LogP contribution in [-0.4, -0.2) is 26.6 Å². The molecule has 1 aliphatic heterocycles. The summed E-state index contributed by atoms with van der Waals surface area (Å²) in [4.78, 5) is 26.8. The van der Waals surface area contributed by atoms with Crippen molar-refractivity contribution in [3.05, 3.63) is 110 Å². The van der Waals surface area contributed by atoms with E-state index in [-0.39, 0.29) is 34.9 Å². The van der Waals surface area contributed by atoms with Crippen molar-refractivity contribution in [1.29, 1.82) is 0 Å². The van der Waals surface area contributed by atoms with Crippen LogP contribution in [0.2, 0.25) is 0 Å². The van der Waals surface area contributed by atoms with Gasteiger partial charge in [-0.05, 0) is 48.6 Å². The summed E-state index contributed by atoms with van der Waals surface area (Å²) in [6.45, 7) is 1.66. The van der Waals surface area contributed by atoms with Crippen LogP contribution in [0, 0.1) is 6.92 Å². The molecule has 3 heterocycles. The Balaban J connectivity index is 1.61. The van der Waals surface area contributed by atoms with Crippen LogP contribution < -0.4 is 5.32 Å². The molecule has 0 bridgehead atoms. The number of carboxylic acid groups (broad SMARTS) is 1. The minimum atomic E-state index is -4.64. The monoisotopic (exact) mass is 549 g/mol. The zero-order valence-corrected chi connectivity index (χ0v) is 21.4. The van der Waals surface area contributed by atoms with Gasteiger partial charge in [0, 0.05) is 40.0 Å². The van der Waals surface area contributed by atoms with Crippen molar-refractivity contribution in [1.82, 2.24) is 9.78 Å². The van der Waals surface area contributed by atoms with Crippen LogP contribution in [0.15, 0.2) is 77.3 Å². The minimum absolute atomic E-state index is 0.00667. The number of Topliss-reactive ketones (excluding diaryl/α,β-unsaturated/α-hetero) is 1. The molecule has 2 N–H and O–H groups in total. The lowest BCUT2D eigenvalue weighted by Crippen LogP contribution is -2.31. The summed E-state index contributed by atoms with van der Waals surface area (Å²) in [7, 11) is 0. The number of aryl methyl sites for hydroxylation is 1. The number of carbonyl (C=O) groups is 2. The third kappa shape index (κ3) is 4.15. The number of hydrogen-bond acceptors (Lipinski definition) is 5. The molecule has 0 saturated heterocycles. The van der Waals surface area contributed by atoms with Gasteiger partial charge in [0.2, 0.25) is 0 Å². The highest BCUT2D eigenvalue weighted by atomic mass is 32.1. The number of aromatic nitrogens is 2. The van der Waals surface area contributed by atoms with Crippen molar-refractivity contribution in [3.63, 3.8) is 0 Å². The first-order valence-corrected chi connectivity index (χ1v) is 13.2. The van der Waals surface area contributed by atoms with Gasteiger partial charge in [-0.1, -0.05) is 36.4 Å². The molecule has 6 rings (SSSR count). The second-order valence-corrected chi connectivity index (χ2v) is 10.6. The lowest BCUT2D eigenvalue weighted by Gasteiger charge is -2.36. The molecule has 2 aromatic carbocycles. The van der Waals surface area contributed by atoms with E-state index in [1.807, 2.05) is 17.5 Å². The van der Waals surface area contributed by atoms with Gasteiger partial charge in [-0.15, -0.1) is 11.3 Å². The van der Waals surface area contributed by atoms with E-state index in [1.54, 1.807) is 25.1 Å². The van der Waals surface area contributed by atoms with Crippen LogP contribution >= 0.6 is 11.3 Å². The first-order valence-electron chi connectivity index (χ1n) is 12.3. The summed E-state index contributed by atoms with van der Waals surface area (Å²) in [5.74, 6) is -2.15. The van der Waals surface area contributed by atoms with Crippen LogP contribution in [0.4, 0.5) is 19.0 Å². The van der Waals surface area contributed by atoms with E-state index in [1.165, 1.54) is 40.3 Å². The lowest BCUT2D eigenvalue weighted by molar-refractivity contribution is -0.138. The molecule has 4 aromatic rings. The van der Waals surface area contributed by atoms with Crippen LogP contribution in [0.25, 0.3) is 5.69 Å². The largest absolute Gasteiger partial charge is 0.478 e.